The Labute approximate surface area is 196 Å². The molecule has 1 saturated heterocycles. The first kappa shape index (κ1) is 23.4. The van der Waals surface area contributed by atoms with E-state index in [1.807, 2.05) is 12.1 Å². The minimum atomic E-state index is -0.952. The number of rotatable bonds is 8. The Bertz CT molecular complexity index is 1150. The molecule has 0 bridgehead atoms. The molecule has 0 spiro atoms. The number of hydrogen-bond donors (Lipinski definition) is 2. The highest BCUT2D eigenvalue weighted by molar-refractivity contribution is 6.27. The molecule has 1 aliphatic heterocycles. The highest BCUT2D eigenvalue weighted by Gasteiger charge is 2.15. The number of aliphatic imine (C=N–C) groups is 1. The third kappa shape index (κ3) is 6.20. The lowest BCUT2D eigenvalue weighted by molar-refractivity contribution is -0.102. The lowest BCUT2D eigenvalue weighted by Gasteiger charge is -2.22. The van der Waals surface area contributed by atoms with Gasteiger partial charge in [-0.3, -0.25) is 9.78 Å². The molecule has 2 aromatic heterocycles. The van der Waals surface area contributed by atoms with E-state index in [0.717, 1.165) is 43.8 Å². The van der Waals surface area contributed by atoms with Gasteiger partial charge in [-0.25, -0.2) is 18.8 Å². The van der Waals surface area contributed by atoms with Gasteiger partial charge in [0.05, 0.1) is 5.69 Å². The van der Waals surface area contributed by atoms with Gasteiger partial charge in [-0.05, 0) is 60.7 Å². The largest absolute Gasteiger partial charge is 0.381 e. The number of benzene rings is 1. The third-order valence-electron chi connectivity index (χ3n) is 5.54. The minimum Gasteiger partial charge on any atom is -0.381 e. The van der Waals surface area contributed by atoms with E-state index in [2.05, 4.69) is 25.6 Å². The van der Waals surface area contributed by atoms with Crippen molar-refractivity contribution in [3.63, 3.8) is 0 Å². The van der Waals surface area contributed by atoms with Gasteiger partial charge >= 0.3 is 0 Å². The molecule has 0 radical (unpaired) electrons. The zero-order chi connectivity index (χ0) is 23.8. The van der Waals surface area contributed by atoms with Gasteiger partial charge in [0.2, 0.25) is 0 Å². The fourth-order valence-corrected chi connectivity index (χ4v) is 3.61. The zero-order valence-electron chi connectivity index (χ0n) is 18.5. The molecule has 3 heterocycles. The molecule has 0 aliphatic carbocycles. The molecule has 0 amide bonds. The number of aromatic nitrogens is 2. The van der Waals surface area contributed by atoms with Crippen molar-refractivity contribution in [3.8, 4) is 11.3 Å². The number of carbonyl (C=O) groups is 1. The number of carbonyl (C=O) groups excluding carboxylic acids is 1. The van der Waals surface area contributed by atoms with Gasteiger partial charge in [0, 0.05) is 44.3 Å². The summed E-state index contributed by atoms with van der Waals surface area (Å²) < 4.78 is 32.5. The van der Waals surface area contributed by atoms with E-state index < -0.39 is 11.6 Å². The van der Waals surface area contributed by atoms with Crippen LogP contribution in [0.15, 0.2) is 59.9 Å². The van der Waals surface area contributed by atoms with Crippen LogP contribution in [0.25, 0.3) is 11.3 Å². The van der Waals surface area contributed by atoms with Crippen LogP contribution in [0.5, 0.6) is 0 Å². The Hall–Kier alpha value is -3.72. The van der Waals surface area contributed by atoms with E-state index in [1.165, 1.54) is 6.07 Å². The predicted octanol–water partition coefficient (Wildman–Crippen LogP) is 4.28. The van der Waals surface area contributed by atoms with Crippen LogP contribution in [0.4, 0.5) is 20.3 Å². The summed E-state index contributed by atoms with van der Waals surface area (Å²) in [6, 6.07) is 10.7. The van der Waals surface area contributed by atoms with Crippen molar-refractivity contribution in [1.29, 1.82) is 0 Å². The van der Waals surface area contributed by atoms with E-state index in [-0.39, 0.29) is 5.84 Å². The molecule has 176 valence electrons. The van der Waals surface area contributed by atoms with E-state index in [1.54, 1.807) is 24.5 Å². The second-order valence-corrected chi connectivity index (χ2v) is 7.96. The second kappa shape index (κ2) is 11.4. The molecule has 7 nitrogen and oxygen atoms in total. The molecule has 1 fully saturated rings. The number of ether oxygens (including phenoxy) is 1. The maximum atomic E-state index is 13.8. The van der Waals surface area contributed by atoms with Crippen molar-refractivity contribution < 1.29 is 18.3 Å². The lowest BCUT2D eigenvalue weighted by Crippen LogP contribution is -2.32. The highest BCUT2D eigenvalue weighted by atomic mass is 19.2. The normalized spacial score (nSPS) is 14.6. The molecule has 34 heavy (non-hydrogen) atoms. The predicted molar refractivity (Wildman–Crippen MR) is 126 cm³/mol. The van der Waals surface area contributed by atoms with E-state index >= 15 is 0 Å². The van der Waals surface area contributed by atoms with E-state index in [4.69, 9.17) is 4.74 Å². The van der Waals surface area contributed by atoms with Crippen LogP contribution < -0.4 is 10.6 Å². The monoisotopic (exact) mass is 465 g/mol. The maximum Gasteiger partial charge on any atom is 0.185 e. The second-order valence-electron chi connectivity index (χ2n) is 7.96. The summed E-state index contributed by atoms with van der Waals surface area (Å²) in [5, 5.41) is 6.33. The number of hydrogen-bond acceptors (Lipinski definition) is 6. The van der Waals surface area contributed by atoms with Gasteiger partial charge in [0.15, 0.2) is 29.6 Å². The number of aldehydes is 1. The van der Waals surface area contributed by atoms with Crippen LogP contribution in [0.3, 0.4) is 0 Å². The molecule has 1 aromatic carbocycles. The molecule has 4 rings (SSSR count). The average molecular weight is 466 g/mol. The fourth-order valence-electron chi connectivity index (χ4n) is 3.61. The number of amidine groups is 1. The standard InChI is InChI=1S/C25H25F2N5O2/c26-20-4-3-19(12-21(20)27)22-5-6-23(25(32-22)30-15-18-2-1-9-28-13-18)31-24(16-33)29-14-17-7-10-34-11-8-17/h1-6,9,12-13,16-17H,7-8,10-11,14-15H2,(H,29,31)(H,30,32). The number of anilines is 1. The molecule has 0 saturated carbocycles. The minimum absolute atomic E-state index is 0.193. The Kier molecular flexibility index (Phi) is 7.87. The summed E-state index contributed by atoms with van der Waals surface area (Å²) in [6.07, 6.45) is 5.94. The first-order valence-corrected chi connectivity index (χ1v) is 11.1. The fraction of sp³-hybridized carbons (Fsp3) is 0.280. The molecule has 0 unspecified atom stereocenters. The number of nitrogens with one attached hydrogen (secondary N) is 2. The van der Waals surface area contributed by atoms with E-state index in [0.29, 0.717) is 48.1 Å². The van der Waals surface area contributed by atoms with Gasteiger partial charge in [0.25, 0.3) is 0 Å². The van der Waals surface area contributed by atoms with Crippen molar-refractivity contribution in [2.45, 2.75) is 19.4 Å². The lowest BCUT2D eigenvalue weighted by atomic mass is 10.0. The van der Waals surface area contributed by atoms with Crippen molar-refractivity contribution in [1.82, 2.24) is 15.3 Å². The smallest absolute Gasteiger partial charge is 0.185 e. The molecular formula is C25H25F2N5O2. The van der Waals surface area contributed by atoms with Gasteiger partial charge in [-0.1, -0.05) is 6.07 Å². The van der Waals surface area contributed by atoms with Crippen molar-refractivity contribution in [3.05, 3.63) is 72.1 Å². The number of pyridine rings is 2. The molecule has 9 heteroatoms. The first-order chi connectivity index (χ1) is 16.6. The van der Waals surface area contributed by atoms with Crippen LogP contribution in [-0.4, -0.2) is 41.8 Å². The van der Waals surface area contributed by atoms with Crippen LogP contribution in [0.1, 0.15) is 18.4 Å². The summed E-state index contributed by atoms with van der Waals surface area (Å²) in [5.74, 6) is -0.870. The maximum absolute atomic E-state index is 13.8. The molecule has 1 aliphatic rings. The summed E-state index contributed by atoms with van der Waals surface area (Å²) in [7, 11) is 0. The summed E-state index contributed by atoms with van der Waals surface area (Å²) >= 11 is 0. The average Bonchev–Trinajstić information content (AvgIpc) is 2.88. The SMILES string of the molecule is O=C/C(=N\c1ccc(-c2ccc(F)c(F)c2)nc1NCc1cccnc1)NCC1CCOCC1. The van der Waals surface area contributed by atoms with E-state index in [9.17, 15) is 13.6 Å². The van der Waals surface area contributed by atoms with Crippen LogP contribution in [0, 0.1) is 17.6 Å². The van der Waals surface area contributed by atoms with Gasteiger partial charge in [0.1, 0.15) is 5.69 Å². The topological polar surface area (TPSA) is 88.5 Å². The van der Waals surface area contributed by atoms with Crippen molar-refractivity contribution in [2.75, 3.05) is 25.1 Å². The molecule has 2 N–H and O–H groups in total. The number of nitrogens with zero attached hydrogens (tertiary/aromatic N) is 3. The van der Waals surface area contributed by atoms with Crippen LogP contribution >= 0.6 is 0 Å². The first-order valence-electron chi connectivity index (χ1n) is 11.1. The molecular weight excluding hydrogens is 440 g/mol. The summed E-state index contributed by atoms with van der Waals surface area (Å²) in [4.78, 5) is 24.8. The summed E-state index contributed by atoms with van der Waals surface area (Å²) in [5.41, 5.74) is 2.23. The highest BCUT2D eigenvalue weighted by Crippen LogP contribution is 2.29. The van der Waals surface area contributed by atoms with Crippen molar-refractivity contribution in [2.24, 2.45) is 10.9 Å². The third-order valence-corrected chi connectivity index (χ3v) is 5.54. The Morgan fingerprint density at radius 3 is 2.74 bits per heavy atom. The van der Waals surface area contributed by atoms with Crippen LogP contribution in [0.2, 0.25) is 0 Å². The Balaban J connectivity index is 1.60. The van der Waals surface area contributed by atoms with Crippen molar-refractivity contribution >= 4 is 23.6 Å². The zero-order valence-corrected chi connectivity index (χ0v) is 18.5. The van der Waals surface area contributed by atoms with Gasteiger partial charge < -0.3 is 15.4 Å². The van der Waals surface area contributed by atoms with Gasteiger partial charge in [-0.2, -0.15) is 0 Å². The summed E-state index contributed by atoms with van der Waals surface area (Å²) in [6.45, 7) is 2.48. The molecule has 3 aromatic rings. The number of halogens is 2. The Morgan fingerprint density at radius 1 is 1.15 bits per heavy atom. The Morgan fingerprint density at radius 2 is 2.00 bits per heavy atom. The van der Waals surface area contributed by atoms with Crippen LogP contribution in [-0.2, 0) is 16.1 Å². The van der Waals surface area contributed by atoms with Gasteiger partial charge in [-0.15, -0.1) is 0 Å². The molecule has 0 atom stereocenters. The quantitative estimate of drug-likeness (QED) is 0.293.